The maximum Gasteiger partial charge on any atom is 0.194 e. The molecule has 8 heteroatoms. The van der Waals surface area contributed by atoms with Gasteiger partial charge in [-0.2, -0.15) is 0 Å². The van der Waals surface area contributed by atoms with Crippen LogP contribution in [0.25, 0.3) is 0 Å². The molecule has 0 radical (unpaired) electrons. The van der Waals surface area contributed by atoms with Crippen LogP contribution in [0.5, 0.6) is 0 Å². The number of aryl methyl sites for hydroxylation is 1. The van der Waals surface area contributed by atoms with E-state index in [9.17, 15) is 0 Å². The van der Waals surface area contributed by atoms with E-state index in [4.69, 9.17) is 9.73 Å². The second-order valence-electron chi connectivity index (χ2n) is 6.87. The van der Waals surface area contributed by atoms with Crippen molar-refractivity contribution in [2.45, 2.75) is 20.0 Å². The van der Waals surface area contributed by atoms with Crippen LogP contribution in [0.1, 0.15) is 18.2 Å². The molecule has 0 amide bonds. The Kier molecular flexibility index (Phi) is 7.33. The fraction of sp³-hybridized carbons (Fsp3) is 0.500. The van der Waals surface area contributed by atoms with Crippen LogP contribution in [0.3, 0.4) is 0 Å². The van der Waals surface area contributed by atoms with Gasteiger partial charge in [0.15, 0.2) is 5.96 Å². The van der Waals surface area contributed by atoms with Crippen LogP contribution in [0.4, 0.5) is 5.82 Å². The van der Waals surface area contributed by atoms with Gasteiger partial charge in [-0.1, -0.05) is 6.07 Å². The fourth-order valence-electron chi connectivity index (χ4n) is 3.28. The van der Waals surface area contributed by atoms with Gasteiger partial charge in [0.05, 0.1) is 26.3 Å². The van der Waals surface area contributed by atoms with Crippen LogP contribution >= 0.6 is 15.9 Å². The molecule has 1 saturated heterocycles. The lowest BCUT2D eigenvalue weighted by molar-refractivity contribution is 0.122. The lowest BCUT2D eigenvalue weighted by Gasteiger charge is -2.29. The highest BCUT2D eigenvalue weighted by Crippen LogP contribution is 2.20. The third-order valence-corrected chi connectivity index (χ3v) is 5.18. The number of morpholine rings is 1. The van der Waals surface area contributed by atoms with Crippen molar-refractivity contribution in [1.82, 2.24) is 19.8 Å². The van der Waals surface area contributed by atoms with Gasteiger partial charge in [-0.15, -0.1) is 0 Å². The first-order valence-corrected chi connectivity index (χ1v) is 10.4. The van der Waals surface area contributed by atoms with E-state index in [0.717, 1.165) is 61.2 Å². The lowest BCUT2D eigenvalue weighted by Crippen LogP contribution is -2.39. The van der Waals surface area contributed by atoms with Crippen molar-refractivity contribution in [2.75, 3.05) is 44.8 Å². The molecule has 0 saturated carbocycles. The molecule has 0 bridgehead atoms. The van der Waals surface area contributed by atoms with Gasteiger partial charge >= 0.3 is 0 Å². The number of halogens is 1. The first-order chi connectivity index (χ1) is 13.6. The van der Waals surface area contributed by atoms with Crippen LogP contribution in [0.2, 0.25) is 0 Å². The number of rotatable bonds is 6. The molecule has 3 rings (SSSR count). The predicted octanol–water partition coefficient (Wildman–Crippen LogP) is 2.62. The molecule has 0 aliphatic carbocycles. The largest absolute Gasteiger partial charge is 0.378 e. The van der Waals surface area contributed by atoms with E-state index < -0.39 is 0 Å². The third kappa shape index (κ3) is 5.26. The summed E-state index contributed by atoms with van der Waals surface area (Å²) in [7, 11) is 4.12. The molecule has 7 nitrogen and oxygen atoms in total. The number of hydrogen-bond acceptors (Lipinski definition) is 4. The van der Waals surface area contributed by atoms with E-state index in [1.165, 1.54) is 5.69 Å². The maximum absolute atomic E-state index is 5.47. The van der Waals surface area contributed by atoms with Gasteiger partial charge in [-0.25, -0.2) is 9.98 Å². The molecule has 152 valence electrons. The van der Waals surface area contributed by atoms with Crippen molar-refractivity contribution < 1.29 is 4.74 Å². The number of guanidine groups is 1. The number of ether oxygens (including phenoxy) is 1. The van der Waals surface area contributed by atoms with Crippen LogP contribution in [0.15, 0.2) is 40.1 Å². The SMILES string of the molecule is CCNC(=NCc1cccnc1N1CCOCC1)N(C)Cc1cc(Br)cn1C. The maximum atomic E-state index is 5.47. The van der Waals surface area contributed by atoms with E-state index >= 15 is 0 Å². The smallest absolute Gasteiger partial charge is 0.194 e. The van der Waals surface area contributed by atoms with Gasteiger partial charge in [-0.3, -0.25) is 0 Å². The van der Waals surface area contributed by atoms with Crippen molar-refractivity contribution in [3.05, 3.63) is 46.3 Å². The number of aliphatic imine (C=N–C) groups is 1. The average Bonchev–Trinajstić information content (AvgIpc) is 3.02. The van der Waals surface area contributed by atoms with Crippen LogP contribution < -0.4 is 10.2 Å². The summed E-state index contributed by atoms with van der Waals surface area (Å²) >= 11 is 3.54. The molecule has 28 heavy (non-hydrogen) atoms. The minimum atomic E-state index is 0.587. The second-order valence-corrected chi connectivity index (χ2v) is 7.79. The molecule has 0 unspecified atom stereocenters. The number of nitrogens with zero attached hydrogens (tertiary/aromatic N) is 5. The number of anilines is 1. The number of hydrogen-bond donors (Lipinski definition) is 1. The molecule has 0 atom stereocenters. The van der Waals surface area contributed by atoms with Gasteiger partial charge in [0.25, 0.3) is 0 Å². The van der Waals surface area contributed by atoms with Gasteiger partial charge in [0.1, 0.15) is 5.82 Å². The summed E-state index contributed by atoms with van der Waals surface area (Å²) < 4.78 is 8.69. The summed E-state index contributed by atoms with van der Waals surface area (Å²) in [5, 5.41) is 3.40. The molecular weight excluding hydrogens is 420 g/mol. The summed E-state index contributed by atoms with van der Waals surface area (Å²) in [5.74, 6) is 1.90. The van der Waals surface area contributed by atoms with E-state index in [-0.39, 0.29) is 0 Å². The van der Waals surface area contributed by atoms with Crippen LogP contribution in [0, 0.1) is 0 Å². The molecule has 3 heterocycles. The lowest BCUT2D eigenvalue weighted by atomic mass is 10.2. The van der Waals surface area contributed by atoms with Crippen molar-refractivity contribution in [1.29, 1.82) is 0 Å². The molecule has 1 fully saturated rings. The predicted molar refractivity (Wildman–Crippen MR) is 117 cm³/mol. The van der Waals surface area contributed by atoms with E-state index in [1.54, 1.807) is 0 Å². The Morgan fingerprint density at radius 1 is 1.39 bits per heavy atom. The Bertz CT molecular complexity index is 800. The van der Waals surface area contributed by atoms with Crippen LogP contribution in [-0.4, -0.2) is 60.3 Å². The minimum absolute atomic E-state index is 0.587. The van der Waals surface area contributed by atoms with Gasteiger partial charge in [0.2, 0.25) is 0 Å². The average molecular weight is 449 g/mol. The highest BCUT2D eigenvalue weighted by molar-refractivity contribution is 9.10. The van der Waals surface area contributed by atoms with E-state index in [1.807, 2.05) is 12.3 Å². The Labute approximate surface area is 175 Å². The second kappa shape index (κ2) is 9.93. The highest BCUT2D eigenvalue weighted by atomic mass is 79.9. The summed E-state index contributed by atoms with van der Waals surface area (Å²) in [5.41, 5.74) is 2.35. The zero-order valence-electron chi connectivity index (χ0n) is 16.9. The molecule has 1 aliphatic rings. The van der Waals surface area contributed by atoms with Crippen molar-refractivity contribution in [3.8, 4) is 0 Å². The number of nitrogens with one attached hydrogen (secondary N) is 1. The van der Waals surface area contributed by atoms with E-state index in [0.29, 0.717) is 6.54 Å². The highest BCUT2D eigenvalue weighted by Gasteiger charge is 2.16. The minimum Gasteiger partial charge on any atom is -0.378 e. The standard InChI is InChI=1S/C20H29BrN6O/c1-4-22-20(26(3)15-18-12-17(21)14-25(18)2)24-13-16-6-5-7-23-19(16)27-8-10-28-11-9-27/h5-7,12,14H,4,8-11,13,15H2,1-3H3,(H,22,24). The number of pyridine rings is 1. The molecule has 2 aromatic rings. The Balaban J connectivity index is 1.74. The summed E-state index contributed by atoms with van der Waals surface area (Å²) in [4.78, 5) is 13.9. The van der Waals surface area contributed by atoms with Crippen molar-refractivity contribution in [2.24, 2.45) is 12.0 Å². The zero-order chi connectivity index (χ0) is 19.9. The molecule has 0 aromatic carbocycles. The molecular formula is C20H29BrN6O. The summed E-state index contributed by atoms with van der Waals surface area (Å²) in [6.07, 6.45) is 3.92. The molecule has 0 spiro atoms. The zero-order valence-corrected chi connectivity index (χ0v) is 18.4. The normalized spacial score (nSPS) is 15.0. The number of aromatic nitrogens is 2. The van der Waals surface area contributed by atoms with Gasteiger partial charge < -0.3 is 24.4 Å². The first-order valence-electron chi connectivity index (χ1n) is 9.65. The monoisotopic (exact) mass is 448 g/mol. The Morgan fingerprint density at radius 2 is 2.18 bits per heavy atom. The van der Waals surface area contributed by atoms with E-state index in [2.05, 4.69) is 79.9 Å². The van der Waals surface area contributed by atoms with Gasteiger partial charge in [-0.05, 0) is 35.0 Å². The molecule has 1 aliphatic heterocycles. The Hall–Kier alpha value is -2.06. The van der Waals surface area contributed by atoms with Gasteiger partial charge in [0, 0.05) is 61.9 Å². The third-order valence-electron chi connectivity index (χ3n) is 4.75. The summed E-state index contributed by atoms with van der Waals surface area (Å²) in [6.45, 7) is 7.51. The fourth-order valence-corrected chi connectivity index (χ4v) is 3.86. The van der Waals surface area contributed by atoms with Crippen LogP contribution in [-0.2, 0) is 24.9 Å². The molecule has 2 aromatic heterocycles. The molecule has 1 N–H and O–H groups in total. The summed E-state index contributed by atoms with van der Waals surface area (Å²) in [6, 6.07) is 6.23. The topological polar surface area (TPSA) is 57.9 Å². The van der Waals surface area contributed by atoms with Crippen molar-refractivity contribution >= 4 is 27.7 Å². The van der Waals surface area contributed by atoms with Crippen molar-refractivity contribution in [3.63, 3.8) is 0 Å². The first kappa shape index (κ1) is 20.7. The Morgan fingerprint density at radius 3 is 2.86 bits per heavy atom. The quantitative estimate of drug-likeness (QED) is 0.543.